The highest BCUT2D eigenvalue weighted by Gasteiger charge is 2.18. The molecule has 0 amide bonds. The van der Waals surface area contributed by atoms with Gasteiger partial charge in [0.15, 0.2) is 0 Å². The third-order valence-electron chi connectivity index (χ3n) is 3.14. The van der Waals surface area contributed by atoms with Crippen molar-refractivity contribution in [2.45, 2.75) is 12.3 Å². The number of nitrogens with zero attached hydrogens (tertiary/aromatic N) is 2. The van der Waals surface area contributed by atoms with Crippen molar-refractivity contribution in [2.24, 2.45) is 0 Å². The zero-order chi connectivity index (χ0) is 15.1. The van der Waals surface area contributed by atoms with E-state index in [9.17, 15) is 4.39 Å². The molecule has 0 radical (unpaired) electrons. The molecule has 0 spiro atoms. The zero-order valence-electron chi connectivity index (χ0n) is 10.9. The first kappa shape index (κ1) is 14.8. The van der Waals surface area contributed by atoms with Crippen LogP contribution in [0.15, 0.2) is 40.9 Å². The van der Waals surface area contributed by atoms with Crippen LogP contribution in [0.3, 0.4) is 0 Å². The van der Waals surface area contributed by atoms with Crippen molar-refractivity contribution in [1.29, 1.82) is 0 Å². The topological polar surface area (TPSA) is 17.8 Å². The summed E-state index contributed by atoms with van der Waals surface area (Å²) in [5, 5.41) is -0.270. The van der Waals surface area contributed by atoms with Gasteiger partial charge in [-0.15, -0.1) is 11.6 Å². The molecule has 1 aromatic heterocycles. The van der Waals surface area contributed by atoms with Crippen LogP contribution < -0.4 is 0 Å². The van der Waals surface area contributed by atoms with Crippen molar-refractivity contribution in [1.82, 2.24) is 9.55 Å². The number of hydrogen-bond acceptors (Lipinski definition) is 1. The summed E-state index contributed by atoms with van der Waals surface area (Å²) in [6.07, 6.45) is 0. The summed E-state index contributed by atoms with van der Waals surface area (Å²) in [4.78, 5) is 4.48. The maximum absolute atomic E-state index is 13.8. The molecule has 21 heavy (non-hydrogen) atoms. The van der Waals surface area contributed by atoms with E-state index in [-0.39, 0.29) is 10.4 Å². The van der Waals surface area contributed by atoms with Crippen LogP contribution in [0.2, 0.25) is 5.02 Å². The fraction of sp³-hybridized carbons (Fsp3) is 0.133. The number of alkyl halides is 1. The fourth-order valence-electron chi connectivity index (χ4n) is 2.24. The van der Waals surface area contributed by atoms with E-state index in [2.05, 4.69) is 20.9 Å². The minimum absolute atomic E-state index is 0.0511. The fourth-order valence-corrected chi connectivity index (χ4v) is 2.94. The van der Waals surface area contributed by atoms with Crippen molar-refractivity contribution in [3.05, 3.63) is 57.5 Å². The molecular formula is C15H10BrCl2FN2. The maximum atomic E-state index is 13.8. The van der Waals surface area contributed by atoms with E-state index in [0.717, 1.165) is 10.2 Å². The molecule has 1 atom stereocenters. The second kappa shape index (κ2) is 5.59. The van der Waals surface area contributed by atoms with Crippen LogP contribution in [-0.4, -0.2) is 9.55 Å². The first-order valence-electron chi connectivity index (χ1n) is 6.25. The van der Waals surface area contributed by atoms with Gasteiger partial charge < -0.3 is 0 Å². The quantitative estimate of drug-likeness (QED) is 0.502. The van der Waals surface area contributed by atoms with Crippen molar-refractivity contribution >= 4 is 50.2 Å². The molecule has 1 unspecified atom stereocenters. The molecule has 0 N–H and O–H groups in total. The lowest BCUT2D eigenvalue weighted by atomic mass is 10.2. The van der Waals surface area contributed by atoms with Gasteiger partial charge in [0.05, 0.1) is 21.4 Å². The summed E-state index contributed by atoms with van der Waals surface area (Å²) in [6.45, 7) is 1.83. The predicted octanol–water partition coefficient (Wildman–Crippen LogP) is 5.88. The third kappa shape index (κ3) is 2.68. The summed E-state index contributed by atoms with van der Waals surface area (Å²) >= 11 is 15.5. The highest BCUT2D eigenvalue weighted by molar-refractivity contribution is 9.10. The molecular weight excluding hydrogens is 378 g/mol. The molecule has 0 fully saturated rings. The van der Waals surface area contributed by atoms with Crippen LogP contribution in [0, 0.1) is 5.82 Å². The molecule has 0 aliphatic heterocycles. The molecule has 1 heterocycles. The molecule has 0 saturated heterocycles. The summed E-state index contributed by atoms with van der Waals surface area (Å²) in [5.41, 5.74) is 2.11. The number of aromatic nitrogens is 2. The summed E-state index contributed by atoms with van der Waals surface area (Å²) in [6, 6.07) is 10.6. The zero-order valence-corrected chi connectivity index (χ0v) is 14.0. The molecule has 3 aromatic rings. The number of imidazole rings is 1. The average Bonchev–Trinajstić information content (AvgIpc) is 2.78. The van der Waals surface area contributed by atoms with Crippen molar-refractivity contribution in [2.75, 3.05) is 0 Å². The maximum Gasteiger partial charge on any atom is 0.144 e. The standard InChI is InChI=1S/C15H10BrCl2FN2/c1-8(17)15-20-13-6-11(18)12(19)7-14(13)21(15)10-4-2-3-9(16)5-10/h2-8H,1H3. The SMILES string of the molecule is CC(Cl)c1nc2cc(Cl)c(F)cc2n1-c1cccc(Br)c1. The van der Waals surface area contributed by atoms with Gasteiger partial charge in [-0.2, -0.15) is 0 Å². The van der Waals surface area contributed by atoms with E-state index in [1.165, 1.54) is 12.1 Å². The van der Waals surface area contributed by atoms with Gasteiger partial charge in [-0.3, -0.25) is 4.57 Å². The van der Waals surface area contributed by atoms with Crippen molar-refractivity contribution in [3.8, 4) is 5.69 Å². The molecule has 2 nitrogen and oxygen atoms in total. The van der Waals surface area contributed by atoms with Gasteiger partial charge in [-0.25, -0.2) is 9.37 Å². The molecule has 0 saturated carbocycles. The smallest absolute Gasteiger partial charge is 0.144 e. The van der Waals surface area contributed by atoms with E-state index in [1.807, 2.05) is 35.8 Å². The Kier molecular flexibility index (Phi) is 3.95. The Hall–Kier alpha value is -1.10. The van der Waals surface area contributed by atoms with Crippen LogP contribution in [0.1, 0.15) is 18.1 Å². The summed E-state index contributed by atoms with van der Waals surface area (Å²) in [5.74, 6) is 0.167. The minimum Gasteiger partial charge on any atom is -0.295 e. The summed E-state index contributed by atoms with van der Waals surface area (Å²) < 4.78 is 16.6. The van der Waals surface area contributed by atoms with E-state index in [4.69, 9.17) is 23.2 Å². The Bertz CT molecular complexity index is 830. The molecule has 0 aliphatic rings. The second-order valence-corrected chi connectivity index (χ2v) is 6.63. The van der Waals surface area contributed by atoms with Gasteiger partial charge in [-0.05, 0) is 31.2 Å². The molecule has 6 heteroatoms. The van der Waals surface area contributed by atoms with Crippen LogP contribution in [-0.2, 0) is 0 Å². The first-order valence-corrected chi connectivity index (χ1v) is 7.85. The van der Waals surface area contributed by atoms with Crippen LogP contribution in [0.5, 0.6) is 0 Å². The predicted molar refractivity (Wildman–Crippen MR) is 88.0 cm³/mol. The van der Waals surface area contributed by atoms with Gasteiger partial charge >= 0.3 is 0 Å². The normalized spacial score (nSPS) is 12.8. The van der Waals surface area contributed by atoms with Crippen LogP contribution in [0.4, 0.5) is 4.39 Å². The Morgan fingerprint density at radius 1 is 1.29 bits per heavy atom. The summed E-state index contributed by atoms with van der Waals surface area (Å²) in [7, 11) is 0. The molecule has 108 valence electrons. The lowest BCUT2D eigenvalue weighted by Gasteiger charge is -2.11. The average molecular weight is 388 g/mol. The lowest BCUT2D eigenvalue weighted by molar-refractivity contribution is 0.629. The highest BCUT2D eigenvalue weighted by Crippen LogP contribution is 2.31. The first-order chi connectivity index (χ1) is 9.97. The minimum atomic E-state index is -0.478. The van der Waals surface area contributed by atoms with Gasteiger partial charge in [0.2, 0.25) is 0 Å². The Labute approximate surface area is 139 Å². The van der Waals surface area contributed by atoms with Crippen LogP contribution in [0.25, 0.3) is 16.7 Å². The number of halogens is 4. The number of hydrogen-bond donors (Lipinski definition) is 0. The van der Waals surface area contributed by atoms with Gasteiger partial charge in [0.25, 0.3) is 0 Å². The highest BCUT2D eigenvalue weighted by atomic mass is 79.9. The third-order valence-corrected chi connectivity index (χ3v) is 4.12. The Morgan fingerprint density at radius 2 is 2.05 bits per heavy atom. The Balaban J connectivity index is 2.38. The molecule has 3 rings (SSSR count). The number of fused-ring (bicyclic) bond motifs is 1. The van der Waals surface area contributed by atoms with E-state index in [1.54, 1.807) is 0 Å². The van der Waals surface area contributed by atoms with Crippen molar-refractivity contribution < 1.29 is 4.39 Å². The van der Waals surface area contributed by atoms with Gasteiger partial charge in [-0.1, -0.05) is 33.6 Å². The lowest BCUT2D eigenvalue weighted by Crippen LogP contribution is -2.02. The van der Waals surface area contributed by atoms with Crippen LogP contribution >= 0.6 is 39.1 Å². The van der Waals surface area contributed by atoms with Gasteiger partial charge in [0.1, 0.15) is 11.6 Å². The number of rotatable bonds is 2. The van der Waals surface area contributed by atoms with Crippen molar-refractivity contribution in [3.63, 3.8) is 0 Å². The van der Waals surface area contributed by atoms with E-state index >= 15 is 0 Å². The number of benzene rings is 2. The molecule has 0 aliphatic carbocycles. The van der Waals surface area contributed by atoms with E-state index in [0.29, 0.717) is 16.9 Å². The molecule has 0 bridgehead atoms. The molecule has 2 aromatic carbocycles. The largest absolute Gasteiger partial charge is 0.295 e. The van der Waals surface area contributed by atoms with E-state index < -0.39 is 5.82 Å². The van der Waals surface area contributed by atoms with Gasteiger partial charge in [0, 0.05) is 16.2 Å². The Morgan fingerprint density at radius 3 is 2.71 bits per heavy atom. The monoisotopic (exact) mass is 386 g/mol. The second-order valence-electron chi connectivity index (χ2n) is 4.66.